The number of benzene rings is 2. The Hall–Kier alpha value is -2.89. The molecule has 0 aliphatic carbocycles. The second-order valence-corrected chi connectivity index (χ2v) is 8.18. The third kappa shape index (κ3) is 4.26. The van der Waals surface area contributed by atoms with E-state index in [0.29, 0.717) is 22.5 Å². The van der Waals surface area contributed by atoms with Gasteiger partial charge in [-0.15, -0.1) is 0 Å². The number of hydrogen-bond donors (Lipinski definition) is 0. The summed E-state index contributed by atoms with van der Waals surface area (Å²) in [4.78, 5) is 19.4. The van der Waals surface area contributed by atoms with Crippen molar-refractivity contribution < 1.29 is 9.21 Å². The molecule has 0 saturated carbocycles. The van der Waals surface area contributed by atoms with Crippen LogP contribution < -0.4 is 4.90 Å². The molecular weight excluding hydrogens is 404 g/mol. The smallest absolute Gasteiger partial charge is 0.253 e. The van der Waals surface area contributed by atoms with Gasteiger partial charge in [0.05, 0.1) is 23.0 Å². The summed E-state index contributed by atoms with van der Waals surface area (Å²) in [6.45, 7) is 4.44. The van der Waals surface area contributed by atoms with Crippen molar-refractivity contribution in [2.45, 2.75) is 20.4 Å². The second kappa shape index (κ2) is 8.23. The number of aromatic nitrogens is 1. The number of carbonyl (C=O) groups excluding carboxylic acids is 1. The average molecular weight is 423 g/mol. The highest BCUT2D eigenvalue weighted by Gasteiger charge is 2.20. The largest absolute Gasteiger partial charge is 0.467 e. The lowest BCUT2D eigenvalue weighted by Gasteiger charge is -2.16. The number of furan rings is 1. The molecule has 0 atom stereocenters. The summed E-state index contributed by atoms with van der Waals surface area (Å²) in [5.41, 5.74) is 4.06. The van der Waals surface area contributed by atoms with Gasteiger partial charge < -0.3 is 4.42 Å². The van der Waals surface area contributed by atoms with Crippen LogP contribution in [0.3, 0.4) is 0 Å². The molecule has 4 nitrogen and oxygen atoms in total. The van der Waals surface area contributed by atoms with E-state index in [-0.39, 0.29) is 5.91 Å². The number of hydrogen-bond acceptors (Lipinski definition) is 4. The number of nitrogens with zero attached hydrogens (tertiary/aromatic N) is 2. The Morgan fingerprint density at radius 3 is 2.72 bits per heavy atom. The molecule has 0 bridgehead atoms. The summed E-state index contributed by atoms with van der Waals surface area (Å²) >= 11 is 7.70. The van der Waals surface area contributed by atoms with Gasteiger partial charge in [0, 0.05) is 11.1 Å². The fraction of sp³-hybridized carbons (Fsp3) is 0.130. The Kier molecular flexibility index (Phi) is 5.51. The van der Waals surface area contributed by atoms with Crippen LogP contribution in [0.4, 0.5) is 5.13 Å². The van der Waals surface area contributed by atoms with Crippen LogP contribution in [-0.4, -0.2) is 10.9 Å². The van der Waals surface area contributed by atoms with Crippen LogP contribution in [0.25, 0.3) is 16.3 Å². The number of carbonyl (C=O) groups is 1. The van der Waals surface area contributed by atoms with E-state index in [1.807, 2.05) is 30.3 Å². The summed E-state index contributed by atoms with van der Waals surface area (Å²) in [6.07, 6.45) is 4.84. The number of fused-ring (bicyclic) bond motifs is 1. The number of rotatable bonds is 5. The van der Waals surface area contributed by atoms with Crippen LogP contribution >= 0.6 is 22.9 Å². The summed E-state index contributed by atoms with van der Waals surface area (Å²) in [6, 6.07) is 15.2. The molecule has 4 rings (SSSR count). The average Bonchev–Trinajstić information content (AvgIpc) is 3.35. The SMILES string of the molecule is Cc1cc2nc(N(Cc3ccco3)C(=O)/C=C/c3ccccc3Cl)sc2cc1C. The van der Waals surface area contributed by atoms with E-state index < -0.39 is 0 Å². The molecule has 0 unspecified atom stereocenters. The minimum Gasteiger partial charge on any atom is -0.467 e. The van der Waals surface area contributed by atoms with Crippen molar-refractivity contribution in [2.75, 3.05) is 4.90 Å². The van der Waals surface area contributed by atoms with E-state index in [0.717, 1.165) is 15.8 Å². The van der Waals surface area contributed by atoms with Gasteiger partial charge in [0.1, 0.15) is 5.76 Å². The molecular formula is C23H19ClN2O2S. The maximum atomic E-state index is 13.1. The van der Waals surface area contributed by atoms with Crippen LogP contribution in [-0.2, 0) is 11.3 Å². The van der Waals surface area contributed by atoms with Crippen molar-refractivity contribution in [3.05, 3.63) is 88.3 Å². The van der Waals surface area contributed by atoms with Crippen LogP contribution in [0.2, 0.25) is 5.02 Å². The highest BCUT2D eigenvalue weighted by Crippen LogP contribution is 2.32. The van der Waals surface area contributed by atoms with E-state index in [9.17, 15) is 4.79 Å². The zero-order valence-electron chi connectivity index (χ0n) is 16.1. The van der Waals surface area contributed by atoms with Gasteiger partial charge in [-0.05, 0) is 66.9 Å². The molecule has 0 aliphatic rings. The van der Waals surface area contributed by atoms with Crippen LogP contribution in [0.1, 0.15) is 22.5 Å². The number of aryl methyl sites for hydroxylation is 2. The summed E-state index contributed by atoms with van der Waals surface area (Å²) < 4.78 is 6.52. The van der Waals surface area contributed by atoms with Crippen molar-refractivity contribution in [1.29, 1.82) is 0 Å². The fourth-order valence-electron chi connectivity index (χ4n) is 2.94. The first kappa shape index (κ1) is 19.4. The lowest BCUT2D eigenvalue weighted by Crippen LogP contribution is -2.28. The molecule has 2 aromatic carbocycles. The number of anilines is 1. The topological polar surface area (TPSA) is 46.3 Å². The maximum absolute atomic E-state index is 13.1. The minimum atomic E-state index is -0.186. The van der Waals surface area contributed by atoms with Crippen LogP contribution in [0.5, 0.6) is 0 Å². The molecule has 146 valence electrons. The zero-order valence-corrected chi connectivity index (χ0v) is 17.6. The van der Waals surface area contributed by atoms with Gasteiger partial charge in [-0.2, -0.15) is 0 Å². The van der Waals surface area contributed by atoms with Gasteiger partial charge in [0.15, 0.2) is 5.13 Å². The first-order chi connectivity index (χ1) is 14.0. The van der Waals surface area contributed by atoms with E-state index in [1.165, 1.54) is 28.5 Å². The molecule has 0 fully saturated rings. The predicted octanol–water partition coefficient (Wildman–Crippen LogP) is 6.41. The molecule has 0 N–H and O–H groups in total. The molecule has 0 spiro atoms. The van der Waals surface area contributed by atoms with Crippen LogP contribution in [0, 0.1) is 13.8 Å². The van der Waals surface area contributed by atoms with Gasteiger partial charge in [-0.3, -0.25) is 9.69 Å². The Morgan fingerprint density at radius 1 is 1.17 bits per heavy atom. The maximum Gasteiger partial charge on any atom is 0.253 e. The van der Waals surface area contributed by atoms with Crippen molar-refractivity contribution in [1.82, 2.24) is 4.98 Å². The summed E-state index contributed by atoms with van der Waals surface area (Å²) in [5, 5.41) is 1.23. The highest BCUT2D eigenvalue weighted by molar-refractivity contribution is 7.22. The second-order valence-electron chi connectivity index (χ2n) is 6.76. The number of halogens is 1. The molecule has 2 heterocycles. The Morgan fingerprint density at radius 2 is 1.97 bits per heavy atom. The van der Waals surface area contributed by atoms with Crippen molar-refractivity contribution in [3.8, 4) is 0 Å². The molecule has 0 aliphatic heterocycles. The van der Waals surface area contributed by atoms with Gasteiger partial charge in [-0.1, -0.05) is 41.1 Å². The monoisotopic (exact) mass is 422 g/mol. The van der Waals surface area contributed by atoms with E-state index in [4.69, 9.17) is 21.0 Å². The Bertz CT molecular complexity index is 1160. The fourth-order valence-corrected chi connectivity index (χ4v) is 4.19. The minimum absolute atomic E-state index is 0.186. The standard InChI is InChI=1S/C23H19ClN2O2S/c1-15-12-20-21(13-16(15)2)29-23(25-20)26(14-18-7-5-11-28-18)22(27)10-9-17-6-3-4-8-19(17)24/h3-13H,14H2,1-2H3/b10-9+. The van der Waals surface area contributed by atoms with Crippen LogP contribution in [0.15, 0.2) is 65.3 Å². The van der Waals surface area contributed by atoms with Crippen molar-refractivity contribution in [3.63, 3.8) is 0 Å². The first-order valence-corrected chi connectivity index (χ1v) is 10.3. The predicted molar refractivity (Wildman–Crippen MR) is 119 cm³/mol. The molecule has 4 aromatic rings. The number of thiazole rings is 1. The Balaban J connectivity index is 1.69. The highest BCUT2D eigenvalue weighted by atomic mass is 35.5. The first-order valence-electron chi connectivity index (χ1n) is 9.15. The van der Waals surface area contributed by atoms with E-state index in [1.54, 1.807) is 23.3 Å². The van der Waals surface area contributed by atoms with Gasteiger partial charge in [0.2, 0.25) is 0 Å². The van der Waals surface area contributed by atoms with Crippen molar-refractivity contribution in [2.24, 2.45) is 0 Å². The molecule has 1 amide bonds. The van der Waals surface area contributed by atoms with Gasteiger partial charge in [-0.25, -0.2) is 4.98 Å². The molecule has 6 heteroatoms. The quantitative estimate of drug-likeness (QED) is 0.349. The third-order valence-electron chi connectivity index (χ3n) is 4.69. The zero-order chi connectivity index (χ0) is 20.4. The number of amides is 1. The lowest BCUT2D eigenvalue weighted by atomic mass is 10.1. The Labute approximate surface area is 178 Å². The molecule has 29 heavy (non-hydrogen) atoms. The third-order valence-corrected chi connectivity index (χ3v) is 6.08. The lowest BCUT2D eigenvalue weighted by molar-refractivity contribution is -0.114. The molecule has 0 radical (unpaired) electrons. The van der Waals surface area contributed by atoms with Gasteiger partial charge >= 0.3 is 0 Å². The van der Waals surface area contributed by atoms with Crippen molar-refractivity contribution >= 4 is 50.3 Å². The summed E-state index contributed by atoms with van der Waals surface area (Å²) in [5.74, 6) is 0.505. The van der Waals surface area contributed by atoms with E-state index >= 15 is 0 Å². The molecule has 0 saturated heterocycles. The normalized spacial score (nSPS) is 11.4. The van der Waals surface area contributed by atoms with E-state index in [2.05, 4.69) is 26.0 Å². The molecule has 2 aromatic heterocycles. The summed E-state index contributed by atoms with van der Waals surface area (Å²) in [7, 11) is 0. The van der Waals surface area contributed by atoms with Gasteiger partial charge in [0.25, 0.3) is 5.91 Å².